The first-order chi connectivity index (χ1) is 11.4. The fourth-order valence-electron chi connectivity index (χ4n) is 2.16. The Balaban J connectivity index is 1.75. The van der Waals surface area contributed by atoms with E-state index in [4.69, 9.17) is 10.2 Å². The average Bonchev–Trinajstić information content (AvgIpc) is 3.15. The van der Waals surface area contributed by atoms with Crippen LogP contribution in [0.15, 0.2) is 34.7 Å². The number of rotatable bonds is 4. The van der Waals surface area contributed by atoms with Crippen LogP contribution < -0.4 is 11.1 Å². The summed E-state index contributed by atoms with van der Waals surface area (Å²) < 4.78 is 5.35. The minimum Gasteiger partial charge on any atom is -0.466 e. The van der Waals surface area contributed by atoms with Crippen molar-refractivity contribution in [2.45, 2.75) is 13.8 Å². The summed E-state index contributed by atoms with van der Waals surface area (Å²) in [5.74, 6) is 0.0593. The van der Waals surface area contributed by atoms with Gasteiger partial charge in [-0.2, -0.15) is 0 Å². The lowest BCUT2D eigenvalue weighted by molar-refractivity contribution is 0.0988. The number of tetrazole rings is 1. The molecule has 122 valence electrons. The van der Waals surface area contributed by atoms with Crippen LogP contribution in [0.2, 0.25) is 0 Å². The molecular weight excluding hydrogens is 312 g/mol. The number of nitrogens with zero attached hydrogens (tertiary/aromatic N) is 4. The largest absolute Gasteiger partial charge is 0.466 e. The summed E-state index contributed by atoms with van der Waals surface area (Å²) in [4.78, 5) is 24.4. The summed E-state index contributed by atoms with van der Waals surface area (Å²) >= 11 is 0. The van der Waals surface area contributed by atoms with Crippen molar-refractivity contribution < 1.29 is 14.0 Å². The summed E-state index contributed by atoms with van der Waals surface area (Å²) in [7, 11) is 0. The lowest BCUT2D eigenvalue weighted by atomic mass is 10.2. The Morgan fingerprint density at radius 3 is 2.46 bits per heavy atom. The second kappa shape index (κ2) is 5.95. The number of hydrogen-bond donors (Lipinski definition) is 2. The van der Waals surface area contributed by atoms with Crippen molar-refractivity contribution in [1.82, 2.24) is 20.2 Å². The van der Waals surface area contributed by atoms with Gasteiger partial charge in [-0.05, 0) is 49.4 Å². The summed E-state index contributed by atoms with van der Waals surface area (Å²) in [6, 6.07) is 8.40. The highest BCUT2D eigenvalue weighted by Crippen LogP contribution is 2.17. The van der Waals surface area contributed by atoms with Crippen LogP contribution >= 0.6 is 0 Å². The van der Waals surface area contributed by atoms with Gasteiger partial charge in [0.05, 0.1) is 11.3 Å². The number of benzene rings is 1. The highest BCUT2D eigenvalue weighted by molar-refractivity contribution is 6.05. The topological polar surface area (TPSA) is 129 Å². The molecule has 0 saturated carbocycles. The summed E-state index contributed by atoms with van der Waals surface area (Å²) in [5.41, 5.74) is 6.73. The molecule has 3 N–H and O–H groups in total. The van der Waals surface area contributed by atoms with Gasteiger partial charge in [0.15, 0.2) is 0 Å². The third-order valence-corrected chi connectivity index (χ3v) is 3.28. The maximum absolute atomic E-state index is 12.2. The first kappa shape index (κ1) is 15.4. The number of carbonyl (C=O) groups is 2. The molecule has 0 aliphatic carbocycles. The Hall–Kier alpha value is -3.49. The number of nitrogens with two attached hydrogens (primary N) is 1. The fraction of sp³-hybridized carbons (Fsp3) is 0.133. The van der Waals surface area contributed by atoms with Crippen LogP contribution in [-0.2, 0) is 0 Å². The fourth-order valence-corrected chi connectivity index (χ4v) is 2.16. The number of furan rings is 1. The van der Waals surface area contributed by atoms with Crippen LogP contribution in [0.3, 0.4) is 0 Å². The van der Waals surface area contributed by atoms with Crippen LogP contribution in [0.1, 0.15) is 32.5 Å². The number of primary amides is 1. The molecule has 24 heavy (non-hydrogen) atoms. The van der Waals surface area contributed by atoms with Gasteiger partial charge in [-0.25, -0.2) is 0 Å². The van der Waals surface area contributed by atoms with Gasteiger partial charge in [-0.1, -0.05) is 0 Å². The van der Waals surface area contributed by atoms with E-state index in [2.05, 4.69) is 20.7 Å². The van der Waals surface area contributed by atoms with Crippen LogP contribution in [-0.4, -0.2) is 32.0 Å². The number of aromatic nitrogens is 4. The molecule has 2 amide bonds. The Labute approximate surface area is 136 Å². The summed E-state index contributed by atoms with van der Waals surface area (Å²) in [6.07, 6.45) is 0. The zero-order chi connectivity index (χ0) is 17.3. The van der Waals surface area contributed by atoms with E-state index in [0.717, 1.165) is 0 Å². The molecule has 3 rings (SSSR count). The monoisotopic (exact) mass is 326 g/mol. The Kier molecular flexibility index (Phi) is 3.82. The second-order valence-corrected chi connectivity index (χ2v) is 5.09. The minimum atomic E-state index is -0.754. The smallest absolute Gasteiger partial charge is 0.290 e. The summed E-state index contributed by atoms with van der Waals surface area (Å²) in [5, 5.41) is 13.9. The lowest BCUT2D eigenvalue weighted by Gasteiger charge is -2.05. The Morgan fingerprint density at radius 2 is 1.92 bits per heavy atom. The predicted molar refractivity (Wildman–Crippen MR) is 83.8 cm³/mol. The molecule has 9 heteroatoms. The molecule has 0 atom stereocenters. The molecule has 0 unspecified atom stereocenters. The van der Waals surface area contributed by atoms with E-state index < -0.39 is 5.91 Å². The first-order valence-electron chi connectivity index (χ1n) is 7.02. The number of carbonyl (C=O) groups excluding carboxylic acids is 2. The van der Waals surface area contributed by atoms with Gasteiger partial charge in [-0.3, -0.25) is 9.59 Å². The van der Waals surface area contributed by atoms with E-state index in [1.54, 1.807) is 44.2 Å². The normalized spacial score (nSPS) is 10.6. The van der Waals surface area contributed by atoms with Crippen LogP contribution in [0.4, 0.5) is 5.69 Å². The minimum absolute atomic E-state index is 0.168. The number of nitrogens with one attached hydrogen (secondary N) is 1. The van der Waals surface area contributed by atoms with Crippen LogP contribution in [0.5, 0.6) is 0 Å². The van der Waals surface area contributed by atoms with Crippen molar-refractivity contribution in [1.29, 1.82) is 0 Å². The van der Waals surface area contributed by atoms with E-state index in [-0.39, 0.29) is 11.7 Å². The molecule has 0 bridgehead atoms. The molecule has 2 heterocycles. The van der Waals surface area contributed by atoms with E-state index in [1.807, 2.05) is 0 Å². The molecule has 1 aromatic carbocycles. The first-order valence-corrected chi connectivity index (χ1v) is 7.02. The van der Waals surface area contributed by atoms with E-state index >= 15 is 0 Å². The highest BCUT2D eigenvalue weighted by atomic mass is 16.3. The van der Waals surface area contributed by atoms with Crippen molar-refractivity contribution in [2.24, 2.45) is 5.73 Å². The van der Waals surface area contributed by atoms with E-state index in [9.17, 15) is 9.59 Å². The van der Waals surface area contributed by atoms with E-state index in [1.165, 1.54) is 4.80 Å². The lowest BCUT2D eigenvalue weighted by Crippen LogP contribution is -2.13. The van der Waals surface area contributed by atoms with Crippen LogP contribution in [0, 0.1) is 13.8 Å². The number of amides is 2. The predicted octanol–water partition coefficient (Wildman–Crippen LogP) is 1.22. The molecule has 0 aliphatic heterocycles. The second-order valence-electron chi connectivity index (χ2n) is 5.09. The zero-order valence-corrected chi connectivity index (χ0v) is 13.0. The maximum atomic E-state index is 12.2. The van der Waals surface area contributed by atoms with E-state index in [0.29, 0.717) is 28.5 Å². The standard InChI is InChI=1S/C15H14N6O3/c1-8-7-12(9(2)24-8)15(23)17-10-3-5-11(6-4-10)21-19-14(13(16)22)18-20-21/h3-7H,1-2H3,(H2,16,22)(H,17,23). The van der Waals surface area contributed by atoms with Gasteiger partial charge >= 0.3 is 0 Å². The molecule has 0 fully saturated rings. The van der Waals surface area contributed by atoms with Crippen molar-refractivity contribution in [2.75, 3.05) is 5.32 Å². The molecular formula is C15H14N6O3. The molecule has 0 saturated heterocycles. The van der Waals surface area contributed by atoms with Crippen molar-refractivity contribution in [3.05, 3.63) is 53.2 Å². The quantitative estimate of drug-likeness (QED) is 0.741. The average molecular weight is 326 g/mol. The van der Waals surface area contributed by atoms with Crippen molar-refractivity contribution >= 4 is 17.5 Å². The van der Waals surface area contributed by atoms with Crippen molar-refractivity contribution in [3.8, 4) is 5.69 Å². The highest BCUT2D eigenvalue weighted by Gasteiger charge is 2.14. The molecule has 0 aliphatic rings. The molecule has 2 aromatic heterocycles. The van der Waals surface area contributed by atoms with Gasteiger partial charge in [-0.15, -0.1) is 15.0 Å². The third kappa shape index (κ3) is 3.00. The SMILES string of the molecule is Cc1cc(C(=O)Nc2ccc(-n3nnc(C(N)=O)n3)cc2)c(C)o1. The Morgan fingerprint density at radius 1 is 1.21 bits per heavy atom. The zero-order valence-electron chi connectivity index (χ0n) is 13.0. The number of hydrogen-bond acceptors (Lipinski definition) is 6. The van der Waals surface area contributed by atoms with Gasteiger partial charge in [0.1, 0.15) is 11.5 Å². The van der Waals surface area contributed by atoms with Gasteiger partial charge in [0.2, 0.25) is 0 Å². The molecule has 3 aromatic rings. The van der Waals surface area contributed by atoms with Gasteiger partial charge < -0.3 is 15.5 Å². The molecule has 9 nitrogen and oxygen atoms in total. The van der Waals surface area contributed by atoms with Gasteiger partial charge in [0, 0.05) is 5.69 Å². The Bertz CT molecular complexity index is 910. The van der Waals surface area contributed by atoms with Crippen LogP contribution in [0.25, 0.3) is 5.69 Å². The number of anilines is 1. The number of aryl methyl sites for hydroxylation is 2. The van der Waals surface area contributed by atoms with Gasteiger partial charge in [0.25, 0.3) is 17.6 Å². The van der Waals surface area contributed by atoms with Crippen molar-refractivity contribution in [3.63, 3.8) is 0 Å². The molecule has 0 radical (unpaired) electrons. The summed E-state index contributed by atoms with van der Waals surface area (Å²) in [6.45, 7) is 3.52. The third-order valence-electron chi connectivity index (χ3n) is 3.28. The maximum Gasteiger partial charge on any atom is 0.290 e. The molecule has 0 spiro atoms.